The van der Waals surface area contributed by atoms with Crippen LogP contribution in [0.25, 0.3) is 5.70 Å². The van der Waals surface area contributed by atoms with Crippen molar-refractivity contribution in [1.29, 1.82) is 0 Å². The first-order valence-corrected chi connectivity index (χ1v) is 10.4. The molecule has 0 aliphatic carbocycles. The smallest absolute Gasteiger partial charge is 0.329 e. The summed E-state index contributed by atoms with van der Waals surface area (Å²) >= 11 is 5.96. The topological polar surface area (TPSA) is 127 Å². The predicted molar refractivity (Wildman–Crippen MR) is 118 cm³/mol. The van der Waals surface area contributed by atoms with Gasteiger partial charge in [0, 0.05) is 5.02 Å². The second kappa shape index (κ2) is 10.2. The fourth-order valence-electron chi connectivity index (χ4n) is 3.31. The van der Waals surface area contributed by atoms with Crippen LogP contribution in [-0.2, 0) is 14.3 Å². The van der Waals surface area contributed by atoms with Gasteiger partial charge in [0.1, 0.15) is 17.8 Å². The number of carbonyl (C=O) groups is 3. The van der Waals surface area contributed by atoms with E-state index in [2.05, 4.69) is 10.7 Å². The first-order chi connectivity index (χ1) is 15.2. The molecule has 0 spiro atoms. The molecule has 2 atom stereocenters. The average Bonchev–Trinajstić information content (AvgIpc) is 3.41. The van der Waals surface area contributed by atoms with Gasteiger partial charge in [-0.05, 0) is 48.2 Å². The maximum atomic E-state index is 12.9. The van der Waals surface area contributed by atoms with E-state index in [9.17, 15) is 14.4 Å². The largest absolute Gasteiger partial charge is 0.467 e. The fraction of sp³-hybridized carbons (Fsp3) is 0.318. The predicted octanol–water partition coefficient (Wildman–Crippen LogP) is 2.99. The Hall–Kier alpha value is -3.46. The average molecular weight is 461 g/mol. The fourth-order valence-corrected chi connectivity index (χ4v) is 3.43. The number of amides is 3. The Balaban J connectivity index is 1.71. The number of hydrogen-bond donors (Lipinski definition) is 3. The van der Waals surface area contributed by atoms with Crippen molar-refractivity contribution in [3.63, 3.8) is 0 Å². The molecule has 0 radical (unpaired) electrons. The van der Waals surface area contributed by atoms with Gasteiger partial charge in [-0.1, -0.05) is 37.6 Å². The Labute approximate surface area is 190 Å². The molecule has 9 nitrogen and oxygen atoms in total. The Morgan fingerprint density at radius 1 is 1.25 bits per heavy atom. The molecule has 4 N–H and O–H groups in total. The van der Waals surface area contributed by atoms with E-state index in [1.54, 1.807) is 24.3 Å². The van der Waals surface area contributed by atoms with E-state index in [0.29, 0.717) is 22.9 Å². The molecule has 0 saturated heterocycles. The minimum Gasteiger partial charge on any atom is -0.467 e. The minimum atomic E-state index is -0.935. The maximum Gasteiger partial charge on any atom is 0.329 e. The summed E-state index contributed by atoms with van der Waals surface area (Å²) < 4.78 is 10.7. The number of furan rings is 1. The highest BCUT2D eigenvalue weighted by molar-refractivity contribution is 6.30. The van der Waals surface area contributed by atoms with Gasteiger partial charge in [0.05, 0.1) is 12.0 Å². The lowest BCUT2D eigenvalue weighted by atomic mass is 10.0. The zero-order chi connectivity index (χ0) is 23.3. The van der Waals surface area contributed by atoms with Gasteiger partial charge in [-0.25, -0.2) is 14.6 Å². The molecule has 1 aromatic carbocycles. The van der Waals surface area contributed by atoms with Crippen LogP contribution >= 0.6 is 11.6 Å². The molecule has 0 bridgehead atoms. The van der Waals surface area contributed by atoms with E-state index in [1.165, 1.54) is 11.3 Å². The van der Waals surface area contributed by atoms with Crippen LogP contribution in [0.5, 0.6) is 0 Å². The number of urea groups is 1. The van der Waals surface area contributed by atoms with Crippen molar-refractivity contribution in [2.45, 2.75) is 32.4 Å². The van der Waals surface area contributed by atoms with E-state index >= 15 is 0 Å². The lowest BCUT2D eigenvalue weighted by molar-refractivity contribution is -0.155. The highest BCUT2D eigenvalue weighted by Crippen LogP contribution is 2.32. The lowest BCUT2D eigenvalue weighted by Crippen LogP contribution is -2.47. The molecule has 10 heteroatoms. The number of primary amides is 1. The van der Waals surface area contributed by atoms with Crippen molar-refractivity contribution < 1.29 is 23.5 Å². The third-order valence-electron chi connectivity index (χ3n) is 4.75. The standard InChI is InChI=1S/C22H25ClN4O5/c1-13(2)10-17(25-22(24)30)21(29)32-12-20(28)27-18(19-4-3-9-31-19)11-16(26-27)14-5-7-15(23)8-6-14/h3-9,11,13,17-18,26H,10,12H2,1-2H3,(H3,24,25,30)/t17-,18+/m0/s1. The summed E-state index contributed by atoms with van der Waals surface area (Å²) in [6, 6.07) is 8.28. The molecule has 0 unspecified atom stereocenters. The third kappa shape index (κ3) is 5.82. The molecule has 1 aliphatic rings. The SMILES string of the molecule is CC(C)C[C@H](NC(N)=O)C(=O)OCC(=O)N1NC(c2ccc(Cl)cc2)=C[C@@H]1c1ccco1. The maximum absolute atomic E-state index is 12.9. The number of nitrogens with zero attached hydrogens (tertiary/aromatic N) is 1. The number of nitrogens with two attached hydrogens (primary N) is 1. The van der Waals surface area contributed by atoms with Crippen molar-refractivity contribution in [3.05, 3.63) is 65.1 Å². The van der Waals surface area contributed by atoms with E-state index in [0.717, 1.165) is 5.56 Å². The van der Waals surface area contributed by atoms with Crippen LogP contribution in [0.1, 0.15) is 37.6 Å². The van der Waals surface area contributed by atoms with Crippen LogP contribution in [0.3, 0.4) is 0 Å². The zero-order valence-electron chi connectivity index (χ0n) is 17.7. The molecule has 170 valence electrons. The zero-order valence-corrected chi connectivity index (χ0v) is 18.5. The summed E-state index contributed by atoms with van der Waals surface area (Å²) in [6.45, 7) is 3.25. The highest BCUT2D eigenvalue weighted by Gasteiger charge is 2.33. The van der Waals surface area contributed by atoms with Crippen molar-refractivity contribution in [2.75, 3.05) is 6.61 Å². The number of hydrogen-bond acceptors (Lipinski definition) is 6. The van der Waals surface area contributed by atoms with Gasteiger partial charge < -0.3 is 20.2 Å². The van der Waals surface area contributed by atoms with E-state index in [-0.39, 0.29) is 5.92 Å². The van der Waals surface area contributed by atoms with Gasteiger partial charge in [0.15, 0.2) is 6.61 Å². The number of carbonyl (C=O) groups excluding carboxylic acids is 3. The van der Waals surface area contributed by atoms with E-state index in [1.807, 2.05) is 32.1 Å². The van der Waals surface area contributed by atoms with Gasteiger partial charge in [-0.15, -0.1) is 0 Å². The lowest BCUT2D eigenvalue weighted by Gasteiger charge is -2.24. The number of esters is 1. The highest BCUT2D eigenvalue weighted by atomic mass is 35.5. The second-order valence-corrected chi connectivity index (χ2v) is 8.16. The van der Waals surface area contributed by atoms with Crippen molar-refractivity contribution in [2.24, 2.45) is 11.7 Å². The van der Waals surface area contributed by atoms with Gasteiger partial charge in [-0.2, -0.15) is 0 Å². The van der Waals surface area contributed by atoms with Crippen LogP contribution < -0.4 is 16.5 Å². The van der Waals surface area contributed by atoms with Crippen molar-refractivity contribution in [3.8, 4) is 0 Å². The summed E-state index contributed by atoms with van der Waals surface area (Å²) in [6.07, 6.45) is 3.67. The van der Waals surface area contributed by atoms with Crippen LogP contribution in [0.15, 0.2) is 53.2 Å². The van der Waals surface area contributed by atoms with Crippen LogP contribution in [-0.4, -0.2) is 35.6 Å². The Bertz CT molecular complexity index is 988. The first-order valence-electron chi connectivity index (χ1n) is 10.1. The van der Waals surface area contributed by atoms with Crippen LogP contribution in [0.4, 0.5) is 4.79 Å². The molecule has 32 heavy (non-hydrogen) atoms. The summed E-state index contributed by atoms with van der Waals surface area (Å²) in [5, 5.41) is 4.28. The van der Waals surface area contributed by atoms with Gasteiger partial charge in [0.25, 0.3) is 5.91 Å². The molecule has 1 aliphatic heterocycles. The summed E-state index contributed by atoms with van der Waals surface area (Å²) in [5.74, 6) is -0.591. The van der Waals surface area contributed by atoms with Gasteiger partial charge >= 0.3 is 12.0 Å². The number of ether oxygens (including phenoxy) is 1. The molecular formula is C22H25ClN4O5. The van der Waals surface area contributed by atoms with Gasteiger partial charge in [0.2, 0.25) is 0 Å². The number of hydrazine groups is 1. The summed E-state index contributed by atoms with van der Waals surface area (Å²) in [4.78, 5) is 36.6. The number of nitrogens with one attached hydrogen (secondary N) is 2. The third-order valence-corrected chi connectivity index (χ3v) is 5.00. The molecule has 0 saturated carbocycles. The Morgan fingerprint density at radius 3 is 2.56 bits per heavy atom. The summed E-state index contributed by atoms with van der Waals surface area (Å²) in [7, 11) is 0. The number of benzene rings is 1. The molecule has 1 aromatic heterocycles. The Kier molecular flexibility index (Phi) is 7.42. The van der Waals surface area contributed by atoms with Gasteiger partial charge in [-0.3, -0.25) is 10.2 Å². The molecule has 2 heterocycles. The second-order valence-electron chi connectivity index (χ2n) is 7.72. The number of halogens is 1. The molecular weight excluding hydrogens is 436 g/mol. The Morgan fingerprint density at radius 2 is 1.97 bits per heavy atom. The molecule has 3 rings (SSSR count). The minimum absolute atomic E-state index is 0.102. The van der Waals surface area contributed by atoms with Crippen LogP contribution in [0.2, 0.25) is 5.02 Å². The quantitative estimate of drug-likeness (QED) is 0.520. The van der Waals surface area contributed by atoms with E-state index in [4.69, 9.17) is 26.5 Å². The van der Waals surface area contributed by atoms with Crippen LogP contribution in [0, 0.1) is 5.92 Å². The molecule has 0 fully saturated rings. The number of rotatable bonds is 8. The monoisotopic (exact) mass is 460 g/mol. The molecule has 3 amide bonds. The normalized spacial score (nSPS) is 16.3. The first kappa shape index (κ1) is 23.2. The summed E-state index contributed by atoms with van der Waals surface area (Å²) in [5.41, 5.74) is 9.69. The van der Waals surface area contributed by atoms with Crippen molar-refractivity contribution in [1.82, 2.24) is 15.8 Å². The van der Waals surface area contributed by atoms with E-state index < -0.39 is 36.6 Å². The molecule has 2 aromatic rings. The van der Waals surface area contributed by atoms with Crippen molar-refractivity contribution >= 4 is 35.2 Å².